The van der Waals surface area contributed by atoms with Gasteiger partial charge in [0, 0.05) is 13.7 Å². The number of ether oxygens (including phenoxy) is 1. The van der Waals surface area contributed by atoms with Crippen molar-refractivity contribution in [3.8, 4) is 5.75 Å². The maximum atomic E-state index is 13.4. The van der Waals surface area contributed by atoms with Crippen LogP contribution in [0.4, 0.5) is 0 Å². The number of aromatic hydroxyl groups is 1. The number of fused-ring (bicyclic) bond motifs is 1. The van der Waals surface area contributed by atoms with Gasteiger partial charge in [0.1, 0.15) is 23.9 Å². The summed E-state index contributed by atoms with van der Waals surface area (Å²) >= 11 is 0. The monoisotopic (exact) mass is 355 g/mol. The summed E-state index contributed by atoms with van der Waals surface area (Å²) in [7, 11) is 1.64. The SMILES string of the molecule is COCc1ccc(C2CCCN2C(=O)C2CCCc3c(O)cccc32)o1. The van der Waals surface area contributed by atoms with Gasteiger partial charge in [-0.1, -0.05) is 12.1 Å². The van der Waals surface area contributed by atoms with Crippen LogP contribution in [-0.4, -0.2) is 29.6 Å². The number of nitrogens with zero attached hydrogens (tertiary/aromatic N) is 1. The summed E-state index contributed by atoms with van der Waals surface area (Å²) in [4.78, 5) is 15.3. The summed E-state index contributed by atoms with van der Waals surface area (Å²) in [6.45, 7) is 1.20. The van der Waals surface area contributed by atoms with Gasteiger partial charge in [0.15, 0.2) is 0 Å². The number of benzene rings is 1. The zero-order valence-electron chi connectivity index (χ0n) is 15.1. The van der Waals surface area contributed by atoms with Crippen LogP contribution < -0.4 is 0 Å². The van der Waals surface area contributed by atoms with Gasteiger partial charge in [-0.15, -0.1) is 0 Å². The third-order valence-electron chi connectivity index (χ3n) is 5.61. The van der Waals surface area contributed by atoms with E-state index in [4.69, 9.17) is 9.15 Å². The zero-order valence-corrected chi connectivity index (χ0v) is 15.1. The fourth-order valence-corrected chi connectivity index (χ4v) is 4.41. The molecular weight excluding hydrogens is 330 g/mol. The molecule has 1 fully saturated rings. The summed E-state index contributed by atoms with van der Waals surface area (Å²) in [6.07, 6.45) is 4.51. The lowest BCUT2D eigenvalue weighted by molar-refractivity contribution is -0.134. The molecule has 1 aliphatic heterocycles. The van der Waals surface area contributed by atoms with Gasteiger partial charge in [0.05, 0.1) is 12.0 Å². The largest absolute Gasteiger partial charge is 0.508 e. The number of hydrogen-bond acceptors (Lipinski definition) is 4. The third-order valence-corrected chi connectivity index (χ3v) is 5.61. The minimum absolute atomic E-state index is 0.00390. The van der Waals surface area contributed by atoms with Crippen LogP contribution in [0.2, 0.25) is 0 Å². The van der Waals surface area contributed by atoms with E-state index in [1.807, 2.05) is 29.2 Å². The smallest absolute Gasteiger partial charge is 0.230 e. The molecule has 138 valence electrons. The zero-order chi connectivity index (χ0) is 18.1. The van der Waals surface area contributed by atoms with Crippen LogP contribution in [0.15, 0.2) is 34.7 Å². The molecule has 0 spiro atoms. The molecule has 2 unspecified atom stereocenters. The molecule has 26 heavy (non-hydrogen) atoms. The fourth-order valence-electron chi connectivity index (χ4n) is 4.41. The first-order valence-electron chi connectivity index (χ1n) is 9.38. The van der Waals surface area contributed by atoms with Crippen molar-refractivity contribution < 1.29 is 19.1 Å². The average molecular weight is 355 g/mol. The van der Waals surface area contributed by atoms with Gasteiger partial charge in [-0.3, -0.25) is 4.79 Å². The highest BCUT2D eigenvalue weighted by Crippen LogP contribution is 2.41. The topological polar surface area (TPSA) is 62.9 Å². The highest BCUT2D eigenvalue weighted by molar-refractivity contribution is 5.85. The first-order valence-corrected chi connectivity index (χ1v) is 9.38. The lowest BCUT2D eigenvalue weighted by Crippen LogP contribution is -2.36. The van der Waals surface area contributed by atoms with E-state index in [9.17, 15) is 9.90 Å². The third kappa shape index (κ3) is 3.01. The number of hydrogen-bond donors (Lipinski definition) is 1. The Morgan fingerprint density at radius 2 is 2.15 bits per heavy atom. The Labute approximate surface area is 153 Å². The van der Waals surface area contributed by atoms with Crippen molar-refractivity contribution in [2.75, 3.05) is 13.7 Å². The van der Waals surface area contributed by atoms with Gasteiger partial charge in [-0.2, -0.15) is 0 Å². The van der Waals surface area contributed by atoms with Crippen molar-refractivity contribution in [2.24, 2.45) is 0 Å². The molecule has 0 radical (unpaired) electrons. The van der Waals surface area contributed by atoms with Gasteiger partial charge in [-0.25, -0.2) is 0 Å². The first-order chi connectivity index (χ1) is 12.7. The van der Waals surface area contributed by atoms with Crippen LogP contribution in [0.5, 0.6) is 5.75 Å². The highest BCUT2D eigenvalue weighted by atomic mass is 16.5. The number of rotatable bonds is 4. The minimum atomic E-state index is -0.167. The number of amides is 1. The number of phenols is 1. The van der Waals surface area contributed by atoms with E-state index in [0.29, 0.717) is 12.4 Å². The molecule has 1 aromatic heterocycles. The summed E-state index contributed by atoms with van der Waals surface area (Å²) in [5, 5.41) is 10.2. The Kier molecular flexibility index (Phi) is 4.72. The Balaban J connectivity index is 1.59. The lowest BCUT2D eigenvalue weighted by Gasteiger charge is -2.31. The molecule has 1 amide bonds. The van der Waals surface area contributed by atoms with Crippen LogP contribution >= 0.6 is 0 Å². The van der Waals surface area contributed by atoms with Gasteiger partial charge in [-0.05, 0) is 61.4 Å². The standard InChI is InChI=1S/C21H25NO4/c1-25-13-14-10-11-20(26-14)18-8-4-12-22(18)21(24)17-7-2-6-16-15(17)5-3-9-19(16)23/h3,5,9-11,17-18,23H,2,4,6-8,12-13H2,1H3. The number of likely N-dealkylation sites (tertiary alicyclic amines) is 1. The first kappa shape index (κ1) is 17.2. The Morgan fingerprint density at radius 1 is 1.27 bits per heavy atom. The molecule has 1 aliphatic carbocycles. The molecule has 2 aromatic rings. The Morgan fingerprint density at radius 3 is 3.00 bits per heavy atom. The number of methoxy groups -OCH3 is 1. The summed E-state index contributed by atoms with van der Waals surface area (Å²) in [5.74, 6) is 1.93. The van der Waals surface area contributed by atoms with E-state index in [1.54, 1.807) is 13.2 Å². The Hall–Kier alpha value is -2.27. The maximum Gasteiger partial charge on any atom is 0.230 e. The van der Waals surface area contributed by atoms with Crippen molar-refractivity contribution in [2.45, 2.75) is 50.7 Å². The predicted molar refractivity (Wildman–Crippen MR) is 96.9 cm³/mol. The summed E-state index contributed by atoms with van der Waals surface area (Å²) in [6, 6.07) is 9.43. The summed E-state index contributed by atoms with van der Waals surface area (Å²) in [5.41, 5.74) is 1.93. The molecule has 0 saturated carbocycles. The van der Waals surface area contributed by atoms with Crippen LogP contribution in [0.3, 0.4) is 0 Å². The second kappa shape index (κ2) is 7.16. The van der Waals surface area contributed by atoms with Crippen LogP contribution in [0.1, 0.15) is 60.3 Å². The molecule has 1 aromatic carbocycles. The van der Waals surface area contributed by atoms with Crippen LogP contribution in [-0.2, 0) is 22.6 Å². The van der Waals surface area contributed by atoms with Crippen LogP contribution in [0, 0.1) is 0 Å². The molecule has 5 heteroatoms. The van der Waals surface area contributed by atoms with E-state index in [2.05, 4.69) is 0 Å². The molecule has 2 aliphatic rings. The number of phenolic OH excluding ortho intramolecular Hbond substituents is 1. The van der Waals surface area contributed by atoms with Crippen LogP contribution in [0.25, 0.3) is 0 Å². The second-order valence-corrected chi connectivity index (χ2v) is 7.22. The van der Waals surface area contributed by atoms with E-state index >= 15 is 0 Å². The summed E-state index contributed by atoms with van der Waals surface area (Å²) < 4.78 is 11.0. The molecule has 2 heterocycles. The maximum absolute atomic E-state index is 13.4. The lowest BCUT2D eigenvalue weighted by atomic mass is 9.81. The van der Waals surface area contributed by atoms with Gasteiger partial charge in [0.25, 0.3) is 0 Å². The molecule has 5 nitrogen and oxygen atoms in total. The van der Waals surface area contributed by atoms with E-state index in [-0.39, 0.29) is 17.9 Å². The molecule has 0 bridgehead atoms. The van der Waals surface area contributed by atoms with Crippen molar-refractivity contribution in [3.63, 3.8) is 0 Å². The van der Waals surface area contributed by atoms with Crippen molar-refractivity contribution in [1.82, 2.24) is 4.90 Å². The van der Waals surface area contributed by atoms with Crippen molar-refractivity contribution >= 4 is 5.91 Å². The molecule has 1 saturated heterocycles. The van der Waals surface area contributed by atoms with Gasteiger partial charge in [0.2, 0.25) is 5.91 Å². The highest BCUT2D eigenvalue weighted by Gasteiger charge is 2.38. The second-order valence-electron chi connectivity index (χ2n) is 7.22. The Bertz CT molecular complexity index is 797. The fraction of sp³-hybridized carbons (Fsp3) is 0.476. The van der Waals surface area contributed by atoms with E-state index in [0.717, 1.165) is 61.3 Å². The van der Waals surface area contributed by atoms with E-state index < -0.39 is 0 Å². The van der Waals surface area contributed by atoms with Gasteiger partial charge < -0.3 is 19.2 Å². The molecule has 2 atom stereocenters. The average Bonchev–Trinajstić information content (AvgIpc) is 3.30. The number of carbonyl (C=O) groups is 1. The van der Waals surface area contributed by atoms with Crippen molar-refractivity contribution in [3.05, 3.63) is 53.0 Å². The normalized spacial score (nSPS) is 22.4. The number of furan rings is 1. The van der Waals surface area contributed by atoms with Crippen molar-refractivity contribution in [1.29, 1.82) is 0 Å². The number of carbonyl (C=O) groups excluding carboxylic acids is 1. The minimum Gasteiger partial charge on any atom is -0.508 e. The molecule has 4 rings (SSSR count). The molecular formula is C21H25NO4. The quantitative estimate of drug-likeness (QED) is 0.903. The van der Waals surface area contributed by atoms with Gasteiger partial charge >= 0.3 is 0 Å². The van der Waals surface area contributed by atoms with E-state index in [1.165, 1.54) is 0 Å². The predicted octanol–water partition coefficient (Wildman–Crippen LogP) is 3.92. The molecule has 1 N–H and O–H groups in total.